The monoisotopic (exact) mass is 398 g/mol. The van der Waals surface area contributed by atoms with E-state index in [0.717, 1.165) is 5.69 Å². The molecule has 1 aromatic heterocycles. The lowest BCUT2D eigenvalue weighted by Crippen LogP contribution is -2.42. The van der Waals surface area contributed by atoms with Crippen LogP contribution in [0.2, 0.25) is 0 Å². The third-order valence-electron chi connectivity index (χ3n) is 4.16. The molecule has 0 aliphatic carbocycles. The van der Waals surface area contributed by atoms with Crippen molar-refractivity contribution in [1.29, 1.82) is 0 Å². The van der Waals surface area contributed by atoms with Gasteiger partial charge in [-0.25, -0.2) is 4.68 Å². The Balaban J connectivity index is 3.01. The van der Waals surface area contributed by atoms with E-state index in [2.05, 4.69) is 26.1 Å². The molecular formula is C20H35ClN4O2. The standard InChI is InChI=1S/C20H35ClN4O2/c1-14(2)24(18(27)10-9-11-21)13-17(26)22-16-12-15(19(3,4)5)23-25(16)20(6,7)8/h12,14H,9-11,13H2,1-8H3,(H,22,26). The molecule has 1 rings (SSSR count). The minimum Gasteiger partial charge on any atom is -0.331 e. The van der Waals surface area contributed by atoms with Crippen LogP contribution in [-0.2, 0) is 20.5 Å². The van der Waals surface area contributed by atoms with Gasteiger partial charge in [-0.05, 0) is 41.0 Å². The molecule has 0 radical (unpaired) electrons. The Morgan fingerprint density at radius 1 is 1.22 bits per heavy atom. The van der Waals surface area contributed by atoms with Crippen molar-refractivity contribution in [2.45, 2.75) is 85.2 Å². The molecule has 0 spiro atoms. The third-order valence-corrected chi connectivity index (χ3v) is 4.43. The Labute approximate surface area is 168 Å². The van der Waals surface area contributed by atoms with Gasteiger partial charge in [0, 0.05) is 29.8 Å². The maximum absolute atomic E-state index is 12.7. The maximum Gasteiger partial charge on any atom is 0.245 e. The molecule has 2 amide bonds. The summed E-state index contributed by atoms with van der Waals surface area (Å²) >= 11 is 5.68. The number of halogens is 1. The number of hydrogen-bond donors (Lipinski definition) is 1. The summed E-state index contributed by atoms with van der Waals surface area (Å²) in [6.45, 7) is 16.2. The minimum atomic E-state index is -0.278. The average Bonchev–Trinajstić information content (AvgIpc) is 2.94. The van der Waals surface area contributed by atoms with Gasteiger partial charge in [-0.1, -0.05) is 20.8 Å². The first kappa shape index (κ1) is 23.5. The van der Waals surface area contributed by atoms with Gasteiger partial charge >= 0.3 is 0 Å². The Hall–Kier alpha value is -1.56. The van der Waals surface area contributed by atoms with E-state index >= 15 is 0 Å². The zero-order valence-corrected chi connectivity index (χ0v) is 18.8. The van der Waals surface area contributed by atoms with Crippen LogP contribution < -0.4 is 5.32 Å². The van der Waals surface area contributed by atoms with Crippen molar-refractivity contribution in [3.05, 3.63) is 11.8 Å². The lowest BCUT2D eigenvalue weighted by Gasteiger charge is -2.27. The van der Waals surface area contributed by atoms with E-state index in [0.29, 0.717) is 24.5 Å². The fraction of sp³-hybridized carbons (Fsp3) is 0.750. The third kappa shape index (κ3) is 6.83. The molecule has 27 heavy (non-hydrogen) atoms. The largest absolute Gasteiger partial charge is 0.331 e. The highest BCUT2D eigenvalue weighted by molar-refractivity contribution is 6.17. The number of rotatable bonds is 7. The second-order valence-corrected chi connectivity index (χ2v) is 9.58. The molecule has 0 atom stereocenters. The van der Waals surface area contributed by atoms with Crippen molar-refractivity contribution < 1.29 is 9.59 Å². The molecule has 0 saturated carbocycles. The van der Waals surface area contributed by atoms with Crippen LogP contribution in [0.1, 0.15) is 73.9 Å². The summed E-state index contributed by atoms with van der Waals surface area (Å²) < 4.78 is 1.83. The zero-order chi connectivity index (χ0) is 21.0. The van der Waals surface area contributed by atoms with Crippen molar-refractivity contribution in [2.24, 2.45) is 0 Å². The first-order valence-corrected chi connectivity index (χ1v) is 10.1. The van der Waals surface area contributed by atoms with Crippen molar-refractivity contribution in [2.75, 3.05) is 17.7 Å². The van der Waals surface area contributed by atoms with Gasteiger partial charge in [-0.15, -0.1) is 11.6 Å². The number of nitrogens with one attached hydrogen (secondary N) is 1. The number of nitrogens with zero attached hydrogens (tertiary/aromatic N) is 3. The van der Waals surface area contributed by atoms with Gasteiger partial charge in [0.15, 0.2) is 0 Å². The second-order valence-electron chi connectivity index (χ2n) is 9.20. The molecule has 7 heteroatoms. The average molecular weight is 399 g/mol. The lowest BCUT2D eigenvalue weighted by atomic mass is 9.92. The van der Waals surface area contributed by atoms with Crippen LogP contribution in [0.4, 0.5) is 5.82 Å². The van der Waals surface area contributed by atoms with E-state index in [-0.39, 0.29) is 35.4 Å². The number of alkyl halides is 1. The minimum absolute atomic E-state index is 0.0129. The van der Waals surface area contributed by atoms with E-state index < -0.39 is 0 Å². The highest BCUT2D eigenvalue weighted by Crippen LogP contribution is 2.28. The highest BCUT2D eigenvalue weighted by Gasteiger charge is 2.27. The summed E-state index contributed by atoms with van der Waals surface area (Å²) in [7, 11) is 0. The molecule has 0 bridgehead atoms. The molecule has 0 fully saturated rings. The smallest absolute Gasteiger partial charge is 0.245 e. The Bertz CT molecular complexity index is 654. The van der Waals surface area contributed by atoms with Gasteiger partial charge in [0.2, 0.25) is 11.8 Å². The Kier molecular flexibility index (Phi) is 7.90. The molecule has 1 N–H and O–H groups in total. The molecule has 154 valence electrons. The molecule has 0 unspecified atom stereocenters. The van der Waals surface area contributed by atoms with Gasteiger partial charge < -0.3 is 10.2 Å². The normalized spacial score (nSPS) is 12.4. The van der Waals surface area contributed by atoms with Crippen molar-refractivity contribution >= 4 is 29.2 Å². The second kappa shape index (κ2) is 9.09. The van der Waals surface area contributed by atoms with E-state index in [1.807, 2.05) is 45.4 Å². The number of carbonyl (C=O) groups is 2. The van der Waals surface area contributed by atoms with Gasteiger partial charge in [-0.3, -0.25) is 9.59 Å². The summed E-state index contributed by atoms with van der Waals surface area (Å²) in [5.41, 5.74) is 0.504. The van der Waals surface area contributed by atoms with Crippen LogP contribution in [0.25, 0.3) is 0 Å². The summed E-state index contributed by atoms with van der Waals surface area (Å²) in [6, 6.07) is 1.86. The maximum atomic E-state index is 12.7. The van der Waals surface area contributed by atoms with Crippen LogP contribution in [0.15, 0.2) is 6.07 Å². The van der Waals surface area contributed by atoms with E-state index in [1.165, 1.54) is 0 Å². The topological polar surface area (TPSA) is 67.2 Å². The van der Waals surface area contributed by atoms with Crippen LogP contribution in [0.3, 0.4) is 0 Å². The predicted molar refractivity (Wildman–Crippen MR) is 111 cm³/mol. The predicted octanol–water partition coefficient (Wildman–Crippen LogP) is 4.13. The fourth-order valence-electron chi connectivity index (χ4n) is 2.61. The molecule has 6 nitrogen and oxygen atoms in total. The first-order chi connectivity index (χ1) is 12.3. The molecule has 0 aliphatic heterocycles. The van der Waals surface area contributed by atoms with Crippen LogP contribution in [0, 0.1) is 0 Å². The molecule has 0 saturated heterocycles. The Morgan fingerprint density at radius 2 is 1.81 bits per heavy atom. The lowest BCUT2D eigenvalue weighted by molar-refractivity contribution is -0.136. The molecule has 1 aromatic rings. The van der Waals surface area contributed by atoms with Crippen molar-refractivity contribution in [3.63, 3.8) is 0 Å². The summed E-state index contributed by atoms with van der Waals surface area (Å²) in [5, 5.41) is 7.65. The van der Waals surface area contributed by atoms with Crippen LogP contribution in [-0.4, -0.2) is 45.0 Å². The van der Waals surface area contributed by atoms with E-state index in [9.17, 15) is 9.59 Å². The van der Waals surface area contributed by atoms with Gasteiger partial charge in [-0.2, -0.15) is 5.10 Å². The first-order valence-electron chi connectivity index (χ1n) is 9.53. The van der Waals surface area contributed by atoms with Gasteiger partial charge in [0.05, 0.1) is 11.2 Å². The molecule has 1 heterocycles. The van der Waals surface area contributed by atoms with Crippen LogP contribution in [0.5, 0.6) is 0 Å². The number of amides is 2. The van der Waals surface area contributed by atoms with Crippen molar-refractivity contribution in [1.82, 2.24) is 14.7 Å². The fourth-order valence-corrected chi connectivity index (χ4v) is 2.74. The van der Waals surface area contributed by atoms with Crippen LogP contribution >= 0.6 is 11.6 Å². The molecule has 0 aliphatic rings. The number of carbonyl (C=O) groups excluding carboxylic acids is 2. The van der Waals surface area contributed by atoms with Gasteiger partial charge in [0.1, 0.15) is 12.4 Å². The Morgan fingerprint density at radius 3 is 2.26 bits per heavy atom. The number of hydrogen-bond acceptors (Lipinski definition) is 3. The van der Waals surface area contributed by atoms with E-state index in [1.54, 1.807) is 4.90 Å². The molecular weight excluding hydrogens is 364 g/mol. The highest BCUT2D eigenvalue weighted by atomic mass is 35.5. The molecule has 0 aromatic carbocycles. The summed E-state index contributed by atoms with van der Waals surface area (Å²) in [5.74, 6) is 0.799. The van der Waals surface area contributed by atoms with Crippen molar-refractivity contribution in [3.8, 4) is 0 Å². The SMILES string of the molecule is CC(C)N(CC(=O)Nc1cc(C(C)(C)C)nn1C(C)(C)C)C(=O)CCCCl. The zero-order valence-electron chi connectivity index (χ0n) is 18.0. The number of aromatic nitrogens is 2. The van der Waals surface area contributed by atoms with Gasteiger partial charge in [0.25, 0.3) is 0 Å². The van der Waals surface area contributed by atoms with E-state index in [4.69, 9.17) is 16.7 Å². The quantitative estimate of drug-likeness (QED) is 0.702. The summed E-state index contributed by atoms with van der Waals surface area (Å²) in [6.07, 6.45) is 0.958. The number of anilines is 1. The summed E-state index contributed by atoms with van der Waals surface area (Å²) in [4.78, 5) is 26.6.